The molecule has 0 saturated carbocycles. The van der Waals surface area contributed by atoms with E-state index in [0.29, 0.717) is 6.54 Å². The molecule has 1 amide bonds. The van der Waals surface area contributed by atoms with E-state index in [-0.39, 0.29) is 12.0 Å². The van der Waals surface area contributed by atoms with Gasteiger partial charge in [0.05, 0.1) is 11.5 Å². The van der Waals surface area contributed by atoms with Gasteiger partial charge in [0.2, 0.25) is 5.91 Å². The molecule has 1 aromatic carbocycles. The van der Waals surface area contributed by atoms with E-state index in [4.69, 9.17) is 4.74 Å². The molecular formula is C17H25NO2. The summed E-state index contributed by atoms with van der Waals surface area (Å²) in [6.07, 6.45) is 3.60. The van der Waals surface area contributed by atoms with Gasteiger partial charge in [0.15, 0.2) is 0 Å². The Labute approximate surface area is 121 Å². The van der Waals surface area contributed by atoms with Crippen LogP contribution in [0, 0.1) is 0 Å². The fraction of sp³-hybridized carbons (Fsp3) is 0.588. The van der Waals surface area contributed by atoms with Crippen LogP contribution in [-0.2, 0) is 14.9 Å². The van der Waals surface area contributed by atoms with E-state index in [9.17, 15) is 4.79 Å². The second kappa shape index (κ2) is 6.40. The van der Waals surface area contributed by atoms with Crippen LogP contribution in [0.5, 0.6) is 0 Å². The fourth-order valence-electron chi connectivity index (χ4n) is 2.80. The first kappa shape index (κ1) is 15.0. The van der Waals surface area contributed by atoms with Crippen molar-refractivity contribution in [1.29, 1.82) is 0 Å². The highest BCUT2D eigenvalue weighted by atomic mass is 16.5. The number of hydrogen-bond donors (Lipinski definition) is 0. The van der Waals surface area contributed by atoms with Crippen LogP contribution >= 0.6 is 0 Å². The van der Waals surface area contributed by atoms with Crippen LogP contribution in [0.15, 0.2) is 30.3 Å². The van der Waals surface area contributed by atoms with Gasteiger partial charge in [-0.25, -0.2) is 0 Å². The van der Waals surface area contributed by atoms with Crippen molar-refractivity contribution in [3.8, 4) is 0 Å². The van der Waals surface area contributed by atoms with Crippen molar-refractivity contribution in [2.45, 2.75) is 44.6 Å². The van der Waals surface area contributed by atoms with Crippen LogP contribution in [-0.4, -0.2) is 37.1 Å². The molecule has 110 valence electrons. The number of carbonyl (C=O) groups is 1. The lowest BCUT2D eigenvalue weighted by molar-refractivity contribution is -0.137. The summed E-state index contributed by atoms with van der Waals surface area (Å²) in [5, 5.41) is 0. The van der Waals surface area contributed by atoms with Gasteiger partial charge in [0.1, 0.15) is 0 Å². The van der Waals surface area contributed by atoms with Crippen LogP contribution in [0.25, 0.3) is 0 Å². The minimum atomic E-state index is -0.495. The summed E-state index contributed by atoms with van der Waals surface area (Å²) in [5.41, 5.74) is 0.562. The van der Waals surface area contributed by atoms with Gasteiger partial charge in [-0.2, -0.15) is 0 Å². The van der Waals surface area contributed by atoms with Gasteiger partial charge >= 0.3 is 0 Å². The van der Waals surface area contributed by atoms with Gasteiger partial charge in [-0.15, -0.1) is 0 Å². The van der Waals surface area contributed by atoms with Gasteiger partial charge in [-0.05, 0) is 38.7 Å². The van der Waals surface area contributed by atoms with Crippen molar-refractivity contribution >= 4 is 5.91 Å². The number of carbonyl (C=O) groups excluding carboxylic acids is 1. The first-order valence-corrected chi connectivity index (χ1v) is 7.44. The quantitative estimate of drug-likeness (QED) is 0.845. The topological polar surface area (TPSA) is 29.5 Å². The first-order valence-electron chi connectivity index (χ1n) is 7.44. The van der Waals surface area contributed by atoms with Crippen LogP contribution in [0.2, 0.25) is 0 Å². The number of likely N-dealkylation sites (N-methyl/N-ethyl adjacent to an activating group) is 1. The van der Waals surface area contributed by atoms with Crippen LogP contribution < -0.4 is 0 Å². The third kappa shape index (κ3) is 3.40. The largest absolute Gasteiger partial charge is 0.376 e. The zero-order valence-electron chi connectivity index (χ0n) is 12.8. The molecule has 1 heterocycles. The first-order chi connectivity index (χ1) is 9.51. The SMILES string of the molecule is CN(C[C@@H]1CCCCO1)C(=O)C(C)(C)c1ccccc1. The Balaban J connectivity index is 2.01. The number of nitrogens with zero attached hydrogens (tertiary/aromatic N) is 1. The Kier molecular flexibility index (Phi) is 4.81. The molecule has 0 unspecified atom stereocenters. The predicted octanol–water partition coefficient (Wildman–Crippen LogP) is 2.99. The minimum absolute atomic E-state index is 0.151. The van der Waals surface area contributed by atoms with Gasteiger partial charge in [0.25, 0.3) is 0 Å². The zero-order chi connectivity index (χ0) is 14.6. The summed E-state index contributed by atoms with van der Waals surface area (Å²) < 4.78 is 5.72. The van der Waals surface area contributed by atoms with Gasteiger partial charge < -0.3 is 9.64 Å². The van der Waals surface area contributed by atoms with Crippen molar-refractivity contribution in [3.63, 3.8) is 0 Å². The highest BCUT2D eigenvalue weighted by molar-refractivity contribution is 5.87. The zero-order valence-corrected chi connectivity index (χ0v) is 12.8. The maximum absolute atomic E-state index is 12.7. The molecule has 0 aromatic heterocycles. The fourth-order valence-corrected chi connectivity index (χ4v) is 2.80. The average molecular weight is 275 g/mol. The van der Waals surface area contributed by atoms with Gasteiger partial charge in [-0.1, -0.05) is 30.3 Å². The molecule has 1 fully saturated rings. The van der Waals surface area contributed by atoms with E-state index in [1.165, 1.54) is 6.42 Å². The molecular weight excluding hydrogens is 250 g/mol. The highest BCUT2D eigenvalue weighted by Crippen LogP contribution is 2.25. The summed E-state index contributed by atoms with van der Waals surface area (Å²) in [6, 6.07) is 9.97. The molecule has 1 saturated heterocycles. The number of rotatable bonds is 4. The predicted molar refractivity (Wildman–Crippen MR) is 80.7 cm³/mol. The molecule has 0 spiro atoms. The molecule has 0 aliphatic carbocycles. The third-order valence-electron chi connectivity index (χ3n) is 4.13. The third-order valence-corrected chi connectivity index (χ3v) is 4.13. The molecule has 0 N–H and O–H groups in total. The van der Waals surface area contributed by atoms with E-state index in [2.05, 4.69) is 0 Å². The maximum Gasteiger partial charge on any atom is 0.232 e. The molecule has 3 heteroatoms. The van der Waals surface area contributed by atoms with Crippen molar-refractivity contribution in [2.24, 2.45) is 0 Å². The summed E-state index contributed by atoms with van der Waals surface area (Å²) in [5.74, 6) is 0.151. The minimum Gasteiger partial charge on any atom is -0.376 e. The second-order valence-corrected chi connectivity index (χ2v) is 6.17. The number of hydrogen-bond acceptors (Lipinski definition) is 2. The molecule has 1 aromatic rings. The van der Waals surface area contributed by atoms with Gasteiger partial charge in [0, 0.05) is 20.2 Å². The Hall–Kier alpha value is -1.35. The Bertz CT molecular complexity index is 436. The van der Waals surface area contributed by atoms with Crippen LogP contribution in [0.3, 0.4) is 0 Å². The maximum atomic E-state index is 12.7. The van der Waals surface area contributed by atoms with E-state index in [0.717, 1.165) is 25.0 Å². The highest BCUT2D eigenvalue weighted by Gasteiger charge is 2.33. The summed E-state index contributed by atoms with van der Waals surface area (Å²) in [7, 11) is 1.88. The average Bonchev–Trinajstić information content (AvgIpc) is 2.48. The number of benzene rings is 1. The lowest BCUT2D eigenvalue weighted by Gasteiger charge is -2.33. The van der Waals surface area contributed by atoms with Crippen molar-refractivity contribution in [1.82, 2.24) is 4.90 Å². The smallest absolute Gasteiger partial charge is 0.232 e. The number of ether oxygens (including phenoxy) is 1. The Morgan fingerprint density at radius 2 is 2.00 bits per heavy atom. The summed E-state index contributed by atoms with van der Waals surface area (Å²) in [6.45, 7) is 5.50. The molecule has 1 atom stereocenters. The van der Waals surface area contributed by atoms with E-state index >= 15 is 0 Å². The normalized spacial score (nSPS) is 19.6. The summed E-state index contributed by atoms with van der Waals surface area (Å²) >= 11 is 0. The lowest BCUT2D eigenvalue weighted by atomic mass is 9.83. The van der Waals surface area contributed by atoms with Crippen molar-refractivity contribution in [3.05, 3.63) is 35.9 Å². The molecule has 1 aliphatic heterocycles. The molecule has 2 rings (SSSR count). The van der Waals surface area contributed by atoms with Crippen LogP contribution in [0.4, 0.5) is 0 Å². The molecule has 1 aliphatic rings. The molecule has 0 radical (unpaired) electrons. The second-order valence-electron chi connectivity index (χ2n) is 6.17. The van der Waals surface area contributed by atoms with E-state index in [1.54, 1.807) is 0 Å². The molecule has 20 heavy (non-hydrogen) atoms. The lowest BCUT2D eigenvalue weighted by Crippen LogP contribution is -2.45. The Morgan fingerprint density at radius 3 is 2.60 bits per heavy atom. The molecule has 3 nitrogen and oxygen atoms in total. The van der Waals surface area contributed by atoms with E-state index < -0.39 is 5.41 Å². The van der Waals surface area contributed by atoms with Crippen LogP contribution in [0.1, 0.15) is 38.7 Å². The number of amides is 1. The van der Waals surface area contributed by atoms with Crippen molar-refractivity contribution in [2.75, 3.05) is 20.2 Å². The standard InChI is InChI=1S/C17H25NO2/c1-17(2,14-9-5-4-6-10-14)16(19)18(3)13-15-11-7-8-12-20-15/h4-6,9-10,15H,7-8,11-13H2,1-3H3/t15-/m0/s1. The van der Waals surface area contributed by atoms with Crippen molar-refractivity contribution < 1.29 is 9.53 Å². The Morgan fingerprint density at radius 1 is 1.30 bits per heavy atom. The summed E-state index contributed by atoms with van der Waals surface area (Å²) in [4.78, 5) is 14.5. The van der Waals surface area contributed by atoms with Gasteiger partial charge in [-0.3, -0.25) is 4.79 Å². The van der Waals surface area contributed by atoms with E-state index in [1.807, 2.05) is 56.1 Å². The monoisotopic (exact) mass is 275 g/mol. The molecule has 0 bridgehead atoms.